The van der Waals surface area contributed by atoms with Crippen molar-refractivity contribution >= 4 is 5.97 Å². The van der Waals surface area contributed by atoms with Gasteiger partial charge in [0, 0.05) is 6.08 Å². The number of carbonyl (C=O) groups is 1. The standard InChI is InChI=1S/C9H16O3/c1-6(2)7(5-8(10)11)9(3,4)12/h5-6,12H,1-4H3,(H,10,11)/b7-5+. The molecule has 0 heterocycles. The quantitative estimate of drug-likeness (QED) is 0.633. The number of aliphatic carboxylic acids is 1. The van der Waals surface area contributed by atoms with Gasteiger partial charge in [0.15, 0.2) is 0 Å². The Kier molecular flexibility index (Phi) is 3.46. The van der Waals surface area contributed by atoms with Gasteiger partial charge in [-0.2, -0.15) is 0 Å². The van der Waals surface area contributed by atoms with E-state index in [1.54, 1.807) is 13.8 Å². The highest BCUT2D eigenvalue weighted by molar-refractivity contribution is 5.81. The Balaban J connectivity index is 4.80. The molecule has 0 amide bonds. The monoisotopic (exact) mass is 172 g/mol. The van der Waals surface area contributed by atoms with Crippen LogP contribution in [-0.4, -0.2) is 21.8 Å². The maximum atomic E-state index is 10.4. The Bertz CT molecular complexity index is 196. The fourth-order valence-electron chi connectivity index (χ4n) is 1.18. The highest BCUT2D eigenvalue weighted by Gasteiger charge is 2.22. The molecule has 0 atom stereocenters. The van der Waals surface area contributed by atoms with Gasteiger partial charge < -0.3 is 10.2 Å². The normalized spacial score (nSPS) is 13.7. The Morgan fingerprint density at radius 3 is 1.92 bits per heavy atom. The summed E-state index contributed by atoms with van der Waals surface area (Å²) in [7, 11) is 0. The third-order valence-electron chi connectivity index (χ3n) is 1.61. The van der Waals surface area contributed by atoms with E-state index >= 15 is 0 Å². The smallest absolute Gasteiger partial charge is 0.328 e. The topological polar surface area (TPSA) is 57.5 Å². The predicted molar refractivity (Wildman–Crippen MR) is 46.9 cm³/mol. The minimum absolute atomic E-state index is 0.0427. The molecule has 3 nitrogen and oxygen atoms in total. The Hall–Kier alpha value is -0.830. The fourth-order valence-corrected chi connectivity index (χ4v) is 1.18. The zero-order valence-electron chi connectivity index (χ0n) is 7.96. The molecule has 0 radical (unpaired) electrons. The first-order chi connectivity index (χ1) is 5.25. The van der Waals surface area contributed by atoms with E-state index in [-0.39, 0.29) is 5.92 Å². The molecule has 0 aliphatic carbocycles. The van der Waals surface area contributed by atoms with Gasteiger partial charge in [0.25, 0.3) is 0 Å². The van der Waals surface area contributed by atoms with Gasteiger partial charge in [-0.25, -0.2) is 4.79 Å². The summed E-state index contributed by atoms with van der Waals surface area (Å²) in [5.74, 6) is -0.970. The van der Waals surface area contributed by atoms with Gasteiger partial charge in [-0.3, -0.25) is 0 Å². The van der Waals surface area contributed by atoms with Crippen LogP contribution < -0.4 is 0 Å². The molecule has 0 spiro atoms. The van der Waals surface area contributed by atoms with Gasteiger partial charge in [-0.05, 0) is 25.3 Å². The Morgan fingerprint density at radius 1 is 1.42 bits per heavy atom. The molecule has 0 rings (SSSR count). The third-order valence-corrected chi connectivity index (χ3v) is 1.61. The first-order valence-corrected chi connectivity index (χ1v) is 3.92. The molecule has 2 N–H and O–H groups in total. The lowest BCUT2D eigenvalue weighted by atomic mass is 9.88. The molecule has 0 fully saturated rings. The predicted octanol–water partition coefficient (Wildman–Crippen LogP) is 1.42. The molecule has 0 aromatic heterocycles. The molecule has 0 aromatic rings. The lowest BCUT2D eigenvalue weighted by Crippen LogP contribution is -2.26. The first kappa shape index (κ1) is 11.2. The maximum absolute atomic E-state index is 10.4. The highest BCUT2D eigenvalue weighted by atomic mass is 16.4. The van der Waals surface area contributed by atoms with Gasteiger partial charge in [-0.15, -0.1) is 0 Å². The molecule has 70 valence electrons. The van der Waals surface area contributed by atoms with Crippen LogP contribution in [0, 0.1) is 5.92 Å². The van der Waals surface area contributed by atoms with E-state index in [2.05, 4.69) is 0 Å². The summed E-state index contributed by atoms with van der Waals surface area (Å²) in [6.07, 6.45) is 1.07. The van der Waals surface area contributed by atoms with Crippen molar-refractivity contribution in [3.8, 4) is 0 Å². The molecule has 0 unspecified atom stereocenters. The Labute approximate surface area is 72.7 Å². The van der Waals surface area contributed by atoms with Crippen LogP contribution in [0.4, 0.5) is 0 Å². The molecule has 0 saturated carbocycles. The largest absolute Gasteiger partial charge is 0.478 e. The first-order valence-electron chi connectivity index (χ1n) is 3.92. The van der Waals surface area contributed by atoms with Crippen LogP contribution >= 0.6 is 0 Å². The number of aliphatic hydroxyl groups is 1. The van der Waals surface area contributed by atoms with Gasteiger partial charge in [0.1, 0.15) is 0 Å². The Morgan fingerprint density at radius 2 is 1.83 bits per heavy atom. The molecule has 0 bridgehead atoms. The summed E-state index contributed by atoms with van der Waals surface area (Å²) in [6.45, 7) is 6.88. The average molecular weight is 172 g/mol. The van der Waals surface area contributed by atoms with Crippen molar-refractivity contribution in [3.05, 3.63) is 11.6 Å². The number of carboxylic acids is 1. The van der Waals surface area contributed by atoms with E-state index in [0.717, 1.165) is 6.08 Å². The van der Waals surface area contributed by atoms with Crippen LogP contribution in [0.15, 0.2) is 11.6 Å². The number of hydrogen-bond acceptors (Lipinski definition) is 2. The summed E-state index contributed by atoms with van der Waals surface area (Å²) in [5, 5.41) is 18.1. The van der Waals surface area contributed by atoms with Crippen molar-refractivity contribution in [2.75, 3.05) is 0 Å². The summed E-state index contributed by atoms with van der Waals surface area (Å²) in [4.78, 5) is 10.4. The zero-order valence-corrected chi connectivity index (χ0v) is 7.96. The van der Waals surface area contributed by atoms with Gasteiger partial charge in [0.05, 0.1) is 5.60 Å². The summed E-state index contributed by atoms with van der Waals surface area (Å²) < 4.78 is 0. The molecular weight excluding hydrogens is 156 g/mol. The second-order valence-electron chi connectivity index (χ2n) is 3.65. The van der Waals surface area contributed by atoms with Crippen molar-refractivity contribution in [3.63, 3.8) is 0 Å². The molecule has 3 heteroatoms. The lowest BCUT2D eigenvalue weighted by molar-refractivity contribution is -0.131. The molecule has 12 heavy (non-hydrogen) atoms. The molecule has 0 aliphatic rings. The maximum Gasteiger partial charge on any atom is 0.328 e. The summed E-state index contributed by atoms with van der Waals surface area (Å²) >= 11 is 0. The van der Waals surface area contributed by atoms with Crippen LogP contribution in [0.1, 0.15) is 27.7 Å². The van der Waals surface area contributed by atoms with Crippen molar-refractivity contribution in [2.24, 2.45) is 5.92 Å². The fraction of sp³-hybridized carbons (Fsp3) is 0.667. The number of hydrogen-bond donors (Lipinski definition) is 2. The highest BCUT2D eigenvalue weighted by Crippen LogP contribution is 2.22. The van der Waals surface area contributed by atoms with Gasteiger partial charge in [0.2, 0.25) is 0 Å². The van der Waals surface area contributed by atoms with Crippen molar-refractivity contribution < 1.29 is 15.0 Å². The van der Waals surface area contributed by atoms with Gasteiger partial charge in [-0.1, -0.05) is 13.8 Å². The summed E-state index contributed by atoms with van der Waals surface area (Å²) in [6, 6.07) is 0. The number of carboxylic acid groups (broad SMARTS) is 1. The molecule has 0 aromatic carbocycles. The second-order valence-corrected chi connectivity index (χ2v) is 3.65. The van der Waals surface area contributed by atoms with Crippen LogP contribution in [0.3, 0.4) is 0 Å². The average Bonchev–Trinajstić information content (AvgIpc) is 1.79. The van der Waals surface area contributed by atoms with Crippen LogP contribution in [-0.2, 0) is 4.79 Å². The summed E-state index contributed by atoms with van der Waals surface area (Å²) in [5.41, 5.74) is -0.512. The molecule has 0 saturated heterocycles. The van der Waals surface area contributed by atoms with Crippen LogP contribution in [0.5, 0.6) is 0 Å². The zero-order chi connectivity index (χ0) is 9.94. The second kappa shape index (κ2) is 3.72. The van der Waals surface area contributed by atoms with Crippen molar-refractivity contribution in [1.82, 2.24) is 0 Å². The van der Waals surface area contributed by atoms with Gasteiger partial charge >= 0.3 is 5.97 Å². The minimum atomic E-state index is -1.05. The lowest BCUT2D eigenvalue weighted by Gasteiger charge is -2.24. The SMILES string of the molecule is CC(C)/C(=C\C(=O)O)C(C)(C)O. The van der Waals surface area contributed by atoms with E-state index in [1.165, 1.54) is 0 Å². The molecule has 0 aliphatic heterocycles. The number of rotatable bonds is 3. The van der Waals surface area contributed by atoms with E-state index < -0.39 is 11.6 Å². The molecular formula is C9H16O3. The minimum Gasteiger partial charge on any atom is -0.478 e. The van der Waals surface area contributed by atoms with E-state index in [4.69, 9.17) is 5.11 Å². The van der Waals surface area contributed by atoms with Crippen LogP contribution in [0.2, 0.25) is 0 Å². The van der Waals surface area contributed by atoms with E-state index in [9.17, 15) is 9.90 Å². The van der Waals surface area contributed by atoms with E-state index in [0.29, 0.717) is 5.57 Å². The van der Waals surface area contributed by atoms with Crippen LogP contribution in [0.25, 0.3) is 0 Å². The third kappa shape index (κ3) is 3.53. The van der Waals surface area contributed by atoms with Crippen molar-refractivity contribution in [1.29, 1.82) is 0 Å². The van der Waals surface area contributed by atoms with Crippen molar-refractivity contribution in [2.45, 2.75) is 33.3 Å². The van der Waals surface area contributed by atoms with E-state index in [1.807, 2.05) is 13.8 Å².